The summed E-state index contributed by atoms with van der Waals surface area (Å²) < 4.78 is 3.37. The minimum absolute atomic E-state index is 0.848. The van der Waals surface area contributed by atoms with E-state index >= 15 is 0 Å². The molecule has 4 heteroatoms. The third-order valence-corrected chi connectivity index (χ3v) is 4.46. The molecule has 3 rings (SSSR count). The fraction of sp³-hybridized carbons (Fsp3) is 0.385. The van der Waals surface area contributed by atoms with Crippen LogP contribution < -0.4 is 0 Å². The molecule has 1 aliphatic carbocycles. The number of pyridine rings is 1. The van der Waals surface area contributed by atoms with Crippen LogP contribution in [0.15, 0.2) is 24.4 Å². The van der Waals surface area contributed by atoms with Crippen molar-refractivity contribution in [2.75, 3.05) is 0 Å². The predicted octanol–water partition coefficient (Wildman–Crippen LogP) is 3.27. The summed E-state index contributed by atoms with van der Waals surface area (Å²) in [4.78, 5) is 4.38. The summed E-state index contributed by atoms with van der Waals surface area (Å²) in [7, 11) is 0. The predicted molar refractivity (Wildman–Crippen MR) is 75.6 cm³/mol. The molecule has 1 saturated carbocycles. The maximum atomic E-state index is 4.71. The van der Waals surface area contributed by atoms with Gasteiger partial charge in [0.05, 0.1) is 9.26 Å². The van der Waals surface area contributed by atoms with Crippen molar-refractivity contribution in [1.29, 1.82) is 0 Å². The average molecular weight is 339 g/mol. The number of halogens is 1. The first-order chi connectivity index (χ1) is 8.25. The second-order valence-electron chi connectivity index (χ2n) is 4.59. The third kappa shape index (κ3) is 2.22. The monoisotopic (exact) mass is 339 g/mol. The van der Waals surface area contributed by atoms with E-state index in [0.29, 0.717) is 0 Å². The van der Waals surface area contributed by atoms with Crippen LogP contribution in [0.25, 0.3) is 11.4 Å². The van der Waals surface area contributed by atoms with E-state index in [9.17, 15) is 0 Å². The molecule has 2 aromatic heterocycles. The number of nitrogens with zero attached hydrogens (tertiary/aromatic N) is 3. The van der Waals surface area contributed by atoms with Gasteiger partial charge < -0.3 is 0 Å². The lowest BCUT2D eigenvalue weighted by atomic mass is 10.2. The smallest absolute Gasteiger partial charge is 0.124 e. The molecule has 0 N–H and O–H groups in total. The quantitative estimate of drug-likeness (QED) is 0.804. The van der Waals surface area contributed by atoms with Gasteiger partial charge in [-0.1, -0.05) is 6.07 Å². The molecule has 0 unspecified atom stereocenters. The average Bonchev–Trinajstić information content (AvgIpc) is 3.13. The number of aromatic nitrogens is 3. The topological polar surface area (TPSA) is 30.7 Å². The first-order valence-electron chi connectivity index (χ1n) is 5.90. The molecule has 3 nitrogen and oxygen atoms in total. The fourth-order valence-corrected chi connectivity index (χ4v) is 2.58. The van der Waals surface area contributed by atoms with E-state index in [1.165, 1.54) is 22.1 Å². The Kier molecular flexibility index (Phi) is 2.90. The zero-order valence-corrected chi connectivity index (χ0v) is 11.9. The minimum Gasteiger partial charge on any atom is -0.268 e. The molecule has 1 fully saturated rings. The van der Waals surface area contributed by atoms with Crippen LogP contribution in [-0.4, -0.2) is 14.8 Å². The van der Waals surface area contributed by atoms with E-state index in [0.717, 1.165) is 23.9 Å². The van der Waals surface area contributed by atoms with Crippen LogP contribution >= 0.6 is 22.6 Å². The van der Waals surface area contributed by atoms with Crippen molar-refractivity contribution in [3.8, 4) is 11.4 Å². The minimum atomic E-state index is 0.848. The van der Waals surface area contributed by atoms with Crippen LogP contribution in [0.4, 0.5) is 0 Å². The van der Waals surface area contributed by atoms with Crippen LogP contribution in [0.2, 0.25) is 0 Å². The zero-order chi connectivity index (χ0) is 11.8. The summed E-state index contributed by atoms with van der Waals surface area (Å²) in [6.07, 6.45) is 4.53. The maximum Gasteiger partial charge on any atom is 0.124 e. The van der Waals surface area contributed by atoms with Crippen molar-refractivity contribution in [2.24, 2.45) is 5.92 Å². The molecular weight excluding hydrogens is 325 g/mol. The lowest BCUT2D eigenvalue weighted by Gasteiger charge is -2.01. The van der Waals surface area contributed by atoms with Gasteiger partial charge in [0.25, 0.3) is 0 Å². The SMILES string of the molecule is Cc1c(I)c(-c2ccccn2)nn1CC1CC1. The van der Waals surface area contributed by atoms with Gasteiger partial charge in [-0.3, -0.25) is 9.67 Å². The van der Waals surface area contributed by atoms with Crippen molar-refractivity contribution in [1.82, 2.24) is 14.8 Å². The molecule has 0 bridgehead atoms. The molecule has 0 amide bonds. The normalized spacial score (nSPS) is 15.2. The summed E-state index contributed by atoms with van der Waals surface area (Å²) in [6, 6.07) is 5.96. The van der Waals surface area contributed by atoms with Crippen molar-refractivity contribution < 1.29 is 0 Å². The number of hydrogen-bond acceptors (Lipinski definition) is 2. The van der Waals surface area contributed by atoms with Crippen LogP contribution in [0.3, 0.4) is 0 Å². The van der Waals surface area contributed by atoms with Gasteiger partial charge in [-0.15, -0.1) is 0 Å². The Labute approximate surface area is 114 Å². The van der Waals surface area contributed by atoms with Crippen molar-refractivity contribution in [2.45, 2.75) is 26.3 Å². The van der Waals surface area contributed by atoms with Crippen LogP contribution in [0, 0.1) is 16.4 Å². The molecular formula is C13H14IN3. The van der Waals surface area contributed by atoms with Crippen LogP contribution in [0.1, 0.15) is 18.5 Å². The molecule has 17 heavy (non-hydrogen) atoms. The molecule has 1 aliphatic rings. The van der Waals surface area contributed by atoms with Gasteiger partial charge in [0.1, 0.15) is 5.69 Å². The Morgan fingerprint density at radius 3 is 2.88 bits per heavy atom. The molecule has 0 radical (unpaired) electrons. The van der Waals surface area contributed by atoms with E-state index < -0.39 is 0 Å². The second-order valence-corrected chi connectivity index (χ2v) is 5.67. The molecule has 0 atom stereocenters. The molecule has 0 spiro atoms. The van der Waals surface area contributed by atoms with E-state index in [1.54, 1.807) is 0 Å². The second kappa shape index (κ2) is 4.40. The lowest BCUT2D eigenvalue weighted by molar-refractivity contribution is 0.551. The Morgan fingerprint density at radius 1 is 1.41 bits per heavy atom. The van der Waals surface area contributed by atoms with Crippen molar-refractivity contribution in [3.05, 3.63) is 33.7 Å². The summed E-state index contributed by atoms with van der Waals surface area (Å²) >= 11 is 2.37. The van der Waals surface area contributed by atoms with Crippen LogP contribution in [0.5, 0.6) is 0 Å². The zero-order valence-electron chi connectivity index (χ0n) is 9.73. The molecule has 88 valence electrons. The molecule has 0 aromatic carbocycles. The van der Waals surface area contributed by atoms with E-state index in [4.69, 9.17) is 5.10 Å². The number of rotatable bonds is 3. The highest BCUT2D eigenvalue weighted by Crippen LogP contribution is 2.32. The van der Waals surface area contributed by atoms with E-state index in [1.807, 2.05) is 24.4 Å². The third-order valence-electron chi connectivity index (χ3n) is 3.17. The first kappa shape index (κ1) is 11.2. The van der Waals surface area contributed by atoms with Crippen molar-refractivity contribution in [3.63, 3.8) is 0 Å². The Morgan fingerprint density at radius 2 is 2.24 bits per heavy atom. The van der Waals surface area contributed by atoms with Gasteiger partial charge in [-0.25, -0.2) is 0 Å². The highest BCUT2D eigenvalue weighted by atomic mass is 127. The summed E-state index contributed by atoms with van der Waals surface area (Å²) in [5.74, 6) is 0.848. The van der Waals surface area contributed by atoms with Crippen molar-refractivity contribution >= 4 is 22.6 Å². The molecule has 0 aliphatic heterocycles. The standard InChI is InChI=1S/C13H14IN3/c1-9-12(14)13(11-4-2-3-7-15-11)16-17(9)8-10-5-6-10/h2-4,7,10H,5-6,8H2,1H3. The Bertz CT molecular complexity index is 529. The van der Waals surface area contributed by atoms with Gasteiger partial charge in [0.15, 0.2) is 0 Å². The van der Waals surface area contributed by atoms with Gasteiger partial charge in [-0.05, 0) is 60.4 Å². The fourth-order valence-electron chi connectivity index (χ4n) is 1.91. The first-order valence-corrected chi connectivity index (χ1v) is 6.98. The summed E-state index contributed by atoms with van der Waals surface area (Å²) in [5, 5.41) is 4.71. The maximum absolute atomic E-state index is 4.71. The van der Waals surface area contributed by atoms with Gasteiger partial charge in [0, 0.05) is 18.4 Å². The molecule has 2 heterocycles. The number of hydrogen-bond donors (Lipinski definition) is 0. The molecule has 0 saturated heterocycles. The summed E-state index contributed by atoms with van der Waals surface area (Å²) in [6.45, 7) is 3.21. The highest BCUT2D eigenvalue weighted by Gasteiger charge is 2.24. The highest BCUT2D eigenvalue weighted by molar-refractivity contribution is 14.1. The van der Waals surface area contributed by atoms with Gasteiger partial charge in [-0.2, -0.15) is 5.10 Å². The van der Waals surface area contributed by atoms with Crippen LogP contribution in [-0.2, 0) is 6.54 Å². The lowest BCUT2D eigenvalue weighted by Crippen LogP contribution is -2.04. The van der Waals surface area contributed by atoms with E-state index in [2.05, 4.69) is 39.2 Å². The molecule has 2 aromatic rings. The van der Waals surface area contributed by atoms with Gasteiger partial charge >= 0.3 is 0 Å². The Balaban J connectivity index is 1.99. The van der Waals surface area contributed by atoms with Gasteiger partial charge in [0.2, 0.25) is 0 Å². The summed E-state index contributed by atoms with van der Waals surface area (Å²) in [5.41, 5.74) is 3.25. The van der Waals surface area contributed by atoms with E-state index in [-0.39, 0.29) is 0 Å². The Hall–Kier alpha value is -0.910. The largest absolute Gasteiger partial charge is 0.268 e.